The Labute approximate surface area is 88.6 Å². The maximum absolute atomic E-state index is 6.00. The highest BCUT2D eigenvalue weighted by Crippen LogP contribution is 2.29. The lowest BCUT2D eigenvalue weighted by molar-refractivity contribution is 0.432. The van der Waals surface area contributed by atoms with E-state index in [2.05, 4.69) is 21.1 Å². The zero-order chi connectivity index (χ0) is 9.26. The van der Waals surface area contributed by atoms with Gasteiger partial charge in [0.05, 0.1) is 11.2 Å². The van der Waals surface area contributed by atoms with Crippen LogP contribution >= 0.6 is 27.5 Å². The minimum absolute atomic E-state index is 0.645. The SMILES string of the molecule is Clc1cc(Br)ccc1-c1ccno1. The van der Waals surface area contributed by atoms with Crippen molar-refractivity contribution in [3.8, 4) is 11.3 Å². The Hall–Kier alpha value is -0.800. The van der Waals surface area contributed by atoms with Gasteiger partial charge in [-0.15, -0.1) is 0 Å². The fourth-order valence-electron chi connectivity index (χ4n) is 1.04. The number of hydrogen-bond acceptors (Lipinski definition) is 2. The maximum atomic E-state index is 6.00. The van der Waals surface area contributed by atoms with E-state index in [4.69, 9.17) is 16.1 Å². The predicted octanol–water partition coefficient (Wildman–Crippen LogP) is 3.76. The van der Waals surface area contributed by atoms with Gasteiger partial charge in [-0.25, -0.2) is 0 Å². The molecule has 1 aromatic carbocycles. The largest absolute Gasteiger partial charge is 0.356 e. The van der Waals surface area contributed by atoms with E-state index >= 15 is 0 Å². The van der Waals surface area contributed by atoms with E-state index in [1.165, 1.54) is 0 Å². The van der Waals surface area contributed by atoms with E-state index in [1.54, 1.807) is 12.3 Å². The Balaban J connectivity index is 2.53. The van der Waals surface area contributed by atoms with Gasteiger partial charge in [0.1, 0.15) is 0 Å². The maximum Gasteiger partial charge on any atom is 0.168 e. The van der Waals surface area contributed by atoms with Crippen molar-refractivity contribution in [3.05, 3.63) is 40.0 Å². The quantitative estimate of drug-likeness (QED) is 0.778. The molecule has 0 unspecified atom stereocenters. The highest BCUT2D eigenvalue weighted by molar-refractivity contribution is 9.10. The van der Waals surface area contributed by atoms with E-state index in [9.17, 15) is 0 Å². The number of rotatable bonds is 1. The summed E-state index contributed by atoms with van der Waals surface area (Å²) in [7, 11) is 0. The molecule has 0 atom stereocenters. The molecule has 66 valence electrons. The minimum atomic E-state index is 0.645. The molecule has 0 saturated heterocycles. The van der Waals surface area contributed by atoms with Gasteiger partial charge >= 0.3 is 0 Å². The summed E-state index contributed by atoms with van der Waals surface area (Å²) in [6.07, 6.45) is 1.59. The standard InChI is InChI=1S/C9H5BrClNO/c10-6-1-2-7(8(11)5-6)9-3-4-12-13-9/h1-5H. The molecule has 0 aliphatic heterocycles. The highest BCUT2D eigenvalue weighted by atomic mass is 79.9. The molecule has 1 heterocycles. The number of nitrogens with zero attached hydrogens (tertiary/aromatic N) is 1. The second-order valence-electron chi connectivity index (χ2n) is 2.50. The lowest BCUT2D eigenvalue weighted by atomic mass is 10.2. The van der Waals surface area contributed by atoms with Gasteiger partial charge in [-0.1, -0.05) is 32.7 Å². The Kier molecular flexibility index (Phi) is 2.38. The molecule has 2 rings (SSSR count). The summed E-state index contributed by atoms with van der Waals surface area (Å²) in [6.45, 7) is 0. The van der Waals surface area contributed by atoms with Gasteiger partial charge < -0.3 is 4.52 Å². The van der Waals surface area contributed by atoms with Crippen LogP contribution in [0, 0.1) is 0 Å². The van der Waals surface area contributed by atoms with Gasteiger partial charge in [0.15, 0.2) is 5.76 Å². The molecule has 0 aliphatic rings. The topological polar surface area (TPSA) is 26.0 Å². The van der Waals surface area contributed by atoms with Crippen LogP contribution in [0.15, 0.2) is 39.5 Å². The smallest absolute Gasteiger partial charge is 0.168 e. The molecule has 0 radical (unpaired) electrons. The number of benzene rings is 1. The van der Waals surface area contributed by atoms with Gasteiger partial charge in [-0.3, -0.25) is 0 Å². The molecular formula is C9H5BrClNO. The summed E-state index contributed by atoms with van der Waals surface area (Å²) in [5, 5.41) is 4.26. The van der Waals surface area contributed by atoms with Crippen LogP contribution in [0.2, 0.25) is 5.02 Å². The first-order chi connectivity index (χ1) is 6.27. The molecule has 1 aromatic heterocycles. The molecule has 0 spiro atoms. The molecule has 4 heteroatoms. The second kappa shape index (κ2) is 3.52. The van der Waals surface area contributed by atoms with Crippen LogP contribution < -0.4 is 0 Å². The Morgan fingerprint density at radius 1 is 1.31 bits per heavy atom. The van der Waals surface area contributed by atoms with Crippen molar-refractivity contribution < 1.29 is 4.52 Å². The molecule has 13 heavy (non-hydrogen) atoms. The van der Waals surface area contributed by atoms with Crippen molar-refractivity contribution in [3.63, 3.8) is 0 Å². The summed E-state index contributed by atoms with van der Waals surface area (Å²) in [4.78, 5) is 0. The predicted molar refractivity (Wildman–Crippen MR) is 54.6 cm³/mol. The fourth-order valence-corrected chi connectivity index (χ4v) is 1.81. The Morgan fingerprint density at radius 3 is 2.77 bits per heavy atom. The first kappa shape index (κ1) is 8.78. The minimum Gasteiger partial charge on any atom is -0.356 e. The molecule has 0 fully saturated rings. The summed E-state index contributed by atoms with van der Waals surface area (Å²) >= 11 is 9.33. The molecule has 2 aromatic rings. The summed E-state index contributed by atoms with van der Waals surface area (Å²) in [6, 6.07) is 7.38. The van der Waals surface area contributed by atoms with Crippen molar-refractivity contribution in [2.45, 2.75) is 0 Å². The number of halogens is 2. The van der Waals surface area contributed by atoms with Crippen LogP contribution in [0.4, 0.5) is 0 Å². The van der Waals surface area contributed by atoms with E-state index in [-0.39, 0.29) is 0 Å². The van der Waals surface area contributed by atoms with Crippen molar-refractivity contribution >= 4 is 27.5 Å². The van der Waals surface area contributed by atoms with Crippen molar-refractivity contribution in [1.82, 2.24) is 5.16 Å². The van der Waals surface area contributed by atoms with Gasteiger partial charge in [0.2, 0.25) is 0 Å². The highest BCUT2D eigenvalue weighted by Gasteiger charge is 2.06. The first-order valence-electron chi connectivity index (χ1n) is 3.63. The third-order valence-corrected chi connectivity index (χ3v) is 2.44. The van der Waals surface area contributed by atoms with Crippen LogP contribution in [-0.2, 0) is 0 Å². The van der Waals surface area contributed by atoms with Crippen LogP contribution in [0.1, 0.15) is 0 Å². The zero-order valence-corrected chi connectivity index (χ0v) is 8.84. The van der Waals surface area contributed by atoms with Crippen molar-refractivity contribution in [2.24, 2.45) is 0 Å². The normalized spacial score (nSPS) is 10.3. The van der Waals surface area contributed by atoms with Crippen LogP contribution in [0.3, 0.4) is 0 Å². The molecule has 0 saturated carbocycles. The average molecular weight is 259 g/mol. The van der Waals surface area contributed by atoms with Gasteiger partial charge in [0.25, 0.3) is 0 Å². The van der Waals surface area contributed by atoms with Gasteiger partial charge in [-0.05, 0) is 18.2 Å². The first-order valence-corrected chi connectivity index (χ1v) is 4.80. The average Bonchev–Trinajstić information content (AvgIpc) is 2.56. The van der Waals surface area contributed by atoms with E-state index < -0.39 is 0 Å². The van der Waals surface area contributed by atoms with Crippen molar-refractivity contribution in [2.75, 3.05) is 0 Å². The lowest BCUT2D eigenvalue weighted by Gasteiger charge is -1.99. The van der Waals surface area contributed by atoms with E-state index in [1.807, 2.05) is 18.2 Å². The summed E-state index contributed by atoms with van der Waals surface area (Å²) in [5.41, 5.74) is 0.849. The Bertz CT molecular complexity index is 414. The molecule has 2 nitrogen and oxygen atoms in total. The molecule has 0 aliphatic carbocycles. The van der Waals surface area contributed by atoms with E-state index in [0.717, 1.165) is 10.0 Å². The molecule has 0 N–H and O–H groups in total. The van der Waals surface area contributed by atoms with Crippen LogP contribution in [0.5, 0.6) is 0 Å². The van der Waals surface area contributed by atoms with Crippen LogP contribution in [0.25, 0.3) is 11.3 Å². The number of aromatic nitrogens is 1. The van der Waals surface area contributed by atoms with Gasteiger partial charge in [-0.2, -0.15) is 0 Å². The van der Waals surface area contributed by atoms with Crippen LogP contribution in [-0.4, -0.2) is 5.16 Å². The second-order valence-corrected chi connectivity index (χ2v) is 3.82. The molecule has 0 bridgehead atoms. The summed E-state index contributed by atoms with van der Waals surface area (Å²) in [5.74, 6) is 0.678. The zero-order valence-electron chi connectivity index (χ0n) is 6.50. The number of hydrogen-bond donors (Lipinski definition) is 0. The summed E-state index contributed by atoms with van der Waals surface area (Å²) < 4.78 is 5.94. The fraction of sp³-hybridized carbons (Fsp3) is 0. The lowest BCUT2D eigenvalue weighted by Crippen LogP contribution is -1.76. The third-order valence-electron chi connectivity index (χ3n) is 1.63. The third kappa shape index (κ3) is 1.76. The van der Waals surface area contributed by atoms with Crippen molar-refractivity contribution in [1.29, 1.82) is 0 Å². The van der Waals surface area contributed by atoms with E-state index in [0.29, 0.717) is 10.8 Å². The molecular weight excluding hydrogens is 253 g/mol. The molecule has 0 amide bonds. The van der Waals surface area contributed by atoms with Gasteiger partial charge in [0, 0.05) is 16.1 Å². The monoisotopic (exact) mass is 257 g/mol. The Morgan fingerprint density at radius 2 is 2.15 bits per heavy atom.